The minimum absolute atomic E-state index is 0.148. The molecule has 1 aliphatic rings. The number of aromatic nitrogens is 1. The molecule has 4 rings (SSSR count). The van der Waals surface area contributed by atoms with Crippen LogP contribution < -0.4 is 14.8 Å². The van der Waals surface area contributed by atoms with Crippen LogP contribution in [-0.2, 0) is 4.79 Å². The predicted octanol–water partition coefficient (Wildman–Crippen LogP) is 4.80. The highest BCUT2D eigenvalue weighted by Crippen LogP contribution is 2.36. The molecular weight excluding hydrogens is 387 g/mol. The van der Waals surface area contributed by atoms with E-state index < -0.39 is 0 Å². The van der Waals surface area contributed by atoms with E-state index in [2.05, 4.69) is 10.3 Å². The minimum atomic E-state index is -0.267. The molecule has 0 aliphatic carbocycles. The molecule has 5 nitrogen and oxygen atoms in total. The maximum atomic E-state index is 13.6. The Hall–Kier alpha value is -2.58. The number of benzene rings is 2. The van der Waals surface area contributed by atoms with Crippen molar-refractivity contribution in [3.05, 3.63) is 53.7 Å². The lowest BCUT2D eigenvalue weighted by Crippen LogP contribution is -2.12. The number of hydrogen-bond acceptors (Lipinski definition) is 6. The van der Waals surface area contributed by atoms with Gasteiger partial charge in [-0.3, -0.25) is 4.79 Å². The Kier molecular flexibility index (Phi) is 5.26. The summed E-state index contributed by atoms with van der Waals surface area (Å²) in [7, 11) is 0. The third-order valence-corrected chi connectivity index (χ3v) is 5.65. The van der Waals surface area contributed by atoms with Crippen LogP contribution >= 0.6 is 23.1 Å². The molecule has 138 valence electrons. The van der Waals surface area contributed by atoms with Gasteiger partial charge in [0, 0.05) is 28.0 Å². The molecule has 0 saturated carbocycles. The summed E-state index contributed by atoms with van der Waals surface area (Å²) in [5.74, 6) is 1.49. The summed E-state index contributed by atoms with van der Waals surface area (Å²) in [6.45, 7) is 0.224. The molecule has 1 N–H and O–H groups in total. The Bertz CT molecular complexity index is 977. The molecule has 0 spiro atoms. The van der Waals surface area contributed by atoms with E-state index in [1.807, 2.05) is 23.6 Å². The van der Waals surface area contributed by atoms with Crippen LogP contribution in [0.2, 0.25) is 0 Å². The van der Waals surface area contributed by atoms with Crippen LogP contribution in [0.3, 0.4) is 0 Å². The van der Waals surface area contributed by atoms with Crippen LogP contribution in [0, 0.1) is 5.82 Å². The van der Waals surface area contributed by atoms with E-state index in [1.165, 1.54) is 29.2 Å². The second kappa shape index (κ2) is 7.98. The Morgan fingerprint density at radius 3 is 2.96 bits per heavy atom. The van der Waals surface area contributed by atoms with Gasteiger partial charge in [-0.2, -0.15) is 0 Å². The van der Waals surface area contributed by atoms with E-state index in [9.17, 15) is 9.18 Å². The standard InChI is InChI=1S/C19H15FN2O3S2/c20-13-3-1-2-4-17(13)26-8-7-18(23)22-19-21-14(10-27-19)12-5-6-15-16(9-12)25-11-24-15/h1-6,9-10H,7-8,11H2,(H,21,22,23). The van der Waals surface area contributed by atoms with Gasteiger partial charge in [0.1, 0.15) is 5.82 Å². The summed E-state index contributed by atoms with van der Waals surface area (Å²) in [4.78, 5) is 17.1. The predicted molar refractivity (Wildman–Crippen MR) is 104 cm³/mol. The van der Waals surface area contributed by atoms with Gasteiger partial charge < -0.3 is 14.8 Å². The highest BCUT2D eigenvalue weighted by atomic mass is 32.2. The highest BCUT2D eigenvalue weighted by Gasteiger charge is 2.15. The van der Waals surface area contributed by atoms with E-state index in [0.29, 0.717) is 21.5 Å². The van der Waals surface area contributed by atoms with Crippen LogP contribution in [0.15, 0.2) is 52.7 Å². The molecule has 2 aromatic carbocycles. The number of carbonyl (C=O) groups excluding carboxylic acids is 1. The molecule has 1 amide bonds. The SMILES string of the molecule is O=C(CCSc1ccccc1F)Nc1nc(-c2ccc3c(c2)OCO3)cs1. The normalized spacial score (nSPS) is 12.2. The maximum Gasteiger partial charge on any atom is 0.231 e. The van der Waals surface area contributed by atoms with Crippen molar-refractivity contribution in [1.29, 1.82) is 0 Å². The monoisotopic (exact) mass is 402 g/mol. The van der Waals surface area contributed by atoms with Crippen molar-refractivity contribution in [1.82, 2.24) is 4.98 Å². The van der Waals surface area contributed by atoms with Gasteiger partial charge in [0.2, 0.25) is 12.7 Å². The summed E-state index contributed by atoms with van der Waals surface area (Å²) >= 11 is 2.68. The molecule has 0 radical (unpaired) electrons. The summed E-state index contributed by atoms with van der Waals surface area (Å²) in [6, 6.07) is 12.2. The van der Waals surface area contributed by atoms with E-state index in [-0.39, 0.29) is 24.9 Å². The van der Waals surface area contributed by atoms with Gasteiger partial charge in [-0.15, -0.1) is 23.1 Å². The van der Waals surface area contributed by atoms with Crippen molar-refractivity contribution in [2.24, 2.45) is 0 Å². The van der Waals surface area contributed by atoms with Gasteiger partial charge in [0.15, 0.2) is 16.6 Å². The third kappa shape index (κ3) is 4.23. The molecule has 0 fully saturated rings. The Morgan fingerprint density at radius 1 is 1.22 bits per heavy atom. The van der Waals surface area contributed by atoms with Crippen molar-refractivity contribution in [2.45, 2.75) is 11.3 Å². The number of nitrogens with zero attached hydrogens (tertiary/aromatic N) is 1. The topological polar surface area (TPSA) is 60.5 Å². The first-order valence-corrected chi connectivity index (χ1v) is 10.1. The van der Waals surface area contributed by atoms with E-state index in [0.717, 1.165) is 17.0 Å². The number of halogens is 1. The first-order valence-electron chi connectivity index (χ1n) is 8.22. The first kappa shape index (κ1) is 17.8. The second-order valence-electron chi connectivity index (χ2n) is 5.68. The van der Waals surface area contributed by atoms with Crippen molar-refractivity contribution < 1.29 is 18.7 Å². The number of fused-ring (bicyclic) bond motifs is 1. The lowest BCUT2D eigenvalue weighted by atomic mass is 10.1. The molecule has 2 heterocycles. The molecule has 0 saturated heterocycles. The van der Waals surface area contributed by atoms with Crippen molar-refractivity contribution in [2.75, 3.05) is 17.9 Å². The highest BCUT2D eigenvalue weighted by molar-refractivity contribution is 7.99. The largest absolute Gasteiger partial charge is 0.454 e. The number of ether oxygens (including phenoxy) is 2. The fourth-order valence-corrected chi connectivity index (χ4v) is 4.14. The van der Waals surface area contributed by atoms with Crippen molar-refractivity contribution >= 4 is 34.1 Å². The summed E-state index contributed by atoms with van der Waals surface area (Å²) in [5.41, 5.74) is 1.65. The van der Waals surface area contributed by atoms with Gasteiger partial charge >= 0.3 is 0 Å². The van der Waals surface area contributed by atoms with Crippen molar-refractivity contribution in [3.63, 3.8) is 0 Å². The lowest BCUT2D eigenvalue weighted by molar-refractivity contribution is -0.115. The number of rotatable bonds is 6. The van der Waals surface area contributed by atoms with Crippen molar-refractivity contribution in [3.8, 4) is 22.8 Å². The fraction of sp³-hybridized carbons (Fsp3) is 0.158. The Balaban J connectivity index is 1.32. The molecule has 0 unspecified atom stereocenters. The fourth-order valence-electron chi connectivity index (χ4n) is 2.52. The second-order valence-corrected chi connectivity index (χ2v) is 7.68. The van der Waals surface area contributed by atoms with Crippen LogP contribution in [0.5, 0.6) is 11.5 Å². The number of anilines is 1. The average Bonchev–Trinajstić information content (AvgIpc) is 3.32. The van der Waals surface area contributed by atoms with Gasteiger partial charge in [-0.25, -0.2) is 9.37 Å². The van der Waals surface area contributed by atoms with Gasteiger partial charge in [-0.1, -0.05) is 12.1 Å². The zero-order valence-electron chi connectivity index (χ0n) is 14.1. The number of nitrogens with one attached hydrogen (secondary N) is 1. The molecule has 1 aliphatic heterocycles. The maximum absolute atomic E-state index is 13.6. The summed E-state index contributed by atoms with van der Waals surface area (Å²) < 4.78 is 24.2. The number of thioether (sulfide) groups is 1. The van der Waals surface area contributed by atoms with E-state index in [4.69, 9.17) is 9.47 Å². The Labute approximate surface area is 163 Å². The van der Waals surface area contributed by atoms with E-state index in [1.54, 1.807) is 18.2 Å². The minimum Gasteiger partial charge on any atom is -0.454 e. The van der Waals surface area contributed by atoms with Crippen LogP contribution in [-0.4, -0.2) is 23.4 Å². The van der Waals surface area contributed by atoms with Crippen LogP contribution in [0.4, 0.5) is 9.52 Å². The molecule has 0 bridgehead atoms. The molecule has 1 aromatic heterocycles. The third-order valence-electron chi connectivity index (χ3n) is 3.84. The summed E-state index contributed by atoms with van der Waals surface area (Å²) in [5, 5.41) is 5.20. The first-order chi connectivity index (χ1) is 13.2. The molecular formula is C19H15FN2O3S2. The van der Waals surface area contributed by atoms with Crippen LogP contribution in [0.1, 0.15) is 6.42 Å². The number of thiazole rings is 1. The van der Waals surface area contributed by atoms with Gasteiger partial charge in [-0.05, 0) is 30.3 Å². The number of hydrogen-bond donors (Lipinski definition) is 1. The van der Waals surface area contributed by atoms with Gasteiger partial charge in [0.05, 0.1) is 5.69 Å². The van der Waals surface area contributed by atoms with Crippen LogP contribution in [0.25, 0.3) is 11.3 Å². The molecule has 27 heavy (non-hydrogen) atoms. The smallest absolute Gasteiger partial charge is 0.231 e. The Morgan fingerprint density at radius 2 is 2.07 bits per heavy atom. The summed E-state index contributed by atoms with van der Waals surface area (Å²) in [6.07, 6.45) is 0.276. The number of carbonyl (C=O) groups is 1. The average molecular weight is 402 g/mol. The zero-order valence-corrected chi connectivity index (χ0v) is 15.7. The lowest BCUT2D eigenvalue weighted by Gasteiger charge is -2.03. The zero-order chi connectivity index (χ0) is 18.6. The van der Waals surface area contributed by atoms with E-state index >= 15 is 0 Å². The quantitative estimate of drug-likeness (QED) is 0.600. The molecule has 0 atom stereocenters. The number of amides is 1. The molecule has 3 aromatic rings. The molecule has 8 heteroatoms. The van der Waals surface area contributed by atoms with Gasteiger partial charge in [0.25, 0.3) is 0 Å².